The van der Waals surface area contributed by atoms with Crippen molar-refractivity contribution in [1.82, 2.24) is 50.0 Å². The van der Waals surface area contributed by atoms with Crippen molar-refractivity contribution in [3.05, 3.63) is 260 Å². The number of allylic oxidation sites excluding steroid dienone is 4. The molecule has 15 nitrogen and oxygen atoms in total. The summed E-state index contributed by atoms with van der Waals surface area (Å²) in [6, 6.07) is 31.0. The third kappa shape index (κ3) is 12.5. The minimum absolute atomic E-state index is 0. The van der Waals surface area contributed by atoms with E-state index in [2.05, 4.69) is 57.5 Å². The molecule has 10 aromatic rings. The molecule has 0 fully saturated rings. The van der Waals surface area contributed by atoms with Gasteiger partial charge in [0.05, 0.1) is 59.3 Å². The highest BCUT2D eigenvalue weighted by Gasteiger charge is 2.53. The Balaban J connectivity index is -0.000000128. The number of carbonyl (C=O) groups is 1. The summed E-state index contributed by atoms with van der Waals surface area (Å²) in [7, 11) is 0. The van der Waals surface area contributed by atoms with Crippen LogP contribution in [0, 0.1) is 81.0 Å². The van der Waals surface area contributed by atoms with Crippen LogP contribution in [0.2, 0.25) is 0 Å². The Morgan fingerprint density at radius 1 is 0.525 bits per heavy atom. The number of pyridine rings is 3. The Labute approximate surface area is 665 Å². The zero-order chi connectivity index (χ0) is 119. The van der Waals surface area contributed by atoms with E-state index in [-0.39, 0.29) is 84.5 Å². The van der Waals surface area contributed by atoms with Crippen LogP contribution in [0.5, 0.6) is 0 Å². The lowest BCUT2D eigenvalue weighted by molar-refractivity contribution is -0.121. The van der Waals surface area contributed by atoms with Gasteiger partial charge in [-0.3, -0.25) is 15.0 Å². The Morgan fingerprint density at radius 3 is 1.34 bits per heavy atom. The highest BCUT2D eigenvalue weighted by molar-refractivity contribution is 6.00. The van der Waals surface area contributed by atoms with Gasteiger partial charge in [-0.1, -0.05) is 67.6 Å². The van der Waals surface area contributed by atoms with Gasteiger partial charge in [0.25, 0.3) is 0 Å². The van der Waals surface area contributed by atoms with Crippen molar-refractivity contribution in [2.45, 2.75) is 151 Å². The number of hydrogen-bond donors (Lipinski definition) is 1. The van der Waals surface area contributed by atoms with Gasteiger partial charge in [-0.2, -0.15) is 0 Å². The van der Waals surface area contributed by atoms with Gasteiger partial charge in [0.15, 0.2) is 23.3 Å². The largest absolute Gasteiger partial charge is 0.523 e. The number of fused-ring (bicyclic) bond motifs is 10. The summed E-state index contributed by atoms with van der Waals surface area (Å²) in [6.45, 7) is 33.7. The first-order valence-corrected chi connectivity index (χ1v) is 33.8. The minimum Gasteiger partial charge on any atom is -0.523 e. The van der Waals surface area contributed by atoms with Crippen molar-refractivity contribution in [3.63, 3.8) is 0 Å². The van der Waals surface area contributed by atoms with Crippen LogP contribution in [0.25, 0.3) is 77.6 Å². The van der Waals surface area contributed by atoms with E-state index in [1.807, 2.05) is 95.4 Å². The van der Waals surface area contributed by atoms with Crippen LogP contribution in [0.15, 0.2) is 162 Å². The molecule has 7 heterocycles. The Bertz CT molecular complexity index is 5180. The first-order valence-electron chi connectivity index (χ1n) is 58.8. The van der Waals surface area contributed by atoms with Crippen LogP contribution in [0.3, 0.4) is 0 Å². The molecule has 9 atom stereocenters. The maximum absolute atomic E-state index is 13.7. The number of nitrogens with zero attached hydrogens (tertiary/aromatic N) is 12. The van der Waals surface area contributed by atoms with Crippen molar-refractivity contribution in [3.8, 4) is 67.9 Å². The second-order valence-corrected chi connectivity index (χ2v) is 28.2. The Morgan fingerprint density at radius 2 is 0.921 bits per heavy atom. The monoisotopic (exact) mass is 1500 g/mol. The molecule has 562 valence electrons. The summed E-state index contributed by atoms with van der Waals surface area (Å²) < 4.78 is 297. The predicted molar refractivity (Wildman–Crippen MR) is 437 cm³/mol. The molecule has 0 saturated heterocycles. The molecule has 0 radical (unpaired) electrons. The van der Waals surface area contributed by atoms with Crippen molar-refractivity contribution in [1.29, 1.82) is 0 Å². The number of carbonyl (C=O) groups excluding carboxylic acids is 1. The number of aromatic nitrogens is 10. The summed E-state index contributed by atoms with van der Waals surface area (Å²) in [4.78, 5) is 63.1. The van der Waals surface area contributed by atoms with Gasteiger partial charge in [0.2, 0.25) is 11.4 Å². The van der Waals surface area contributed by atoms with Gasteiger partial charge in [-0.25, -0.2) is 52.8 Å². The summed E-state index contributed by atoms with van der Waals surface area (Å²) in [5.74, 6) is 2.64. The molecule has 0 unspecified atom stereocenters. The van der Waals surface area contributed by atoms with E-state index in [9.17, 15) is 23.1 Å². The number of halogens is 3. The number of Topliss-reactive ketones (excluding diaryl/α,β-unsaturated/α-hetero) is 1. The fraction of sp³-hybridized carbons (Fsp3) is 0.337. The van der Waals surface area contributed by atoms with E-state index in [1.165, 1.54) is 42.0 Å². The molecule has 0 saturated carbocycles. The van der Waals surface area contributed by atoms with E-state index in [0.29, 0.717) is 35.5 Å². The SMILES string of the molecule is C.C.Cc1cc(-c2nc(-c3ccc(F)cc3)c3c(n2)[C@]2(C)Cc4cnoc4[C@H](C)[C@H]2CC3)ccn1.[3H][3H].[3H][3H].[3H][3H].[3H][3H].[3H][3H].[3H][3H].[3H][3H].[3H][3H].[3H][3H].[3H][3H].[3H][3H].[3H][3H].[3H][3H].[3H][3H].[3H][3H].[3H][3H].[3H][3H].[3H][3H].[3H][3H].[3H][3H].[3H][3H].[3H][3H].[3H][3H].[3H][3H].[3H][3H].[C-]#[N+]C1=C(O)[C@H](C)[C@H]2CCc3c(-c4ccc(F)cc4)nc(-c4ccnc(C)c4)nc3[C@]2(C)C1.[C-]#[N+]C1=C[C@@]2(C)c3nc(-c4ccnc(C)c4)nc(-c4ccc(F)cc4)c3CC[C@@H]2[C@@H](C)C1=O. The number of ketones is 1. The summed E-state index contributed by atoms with van der Waals surface area (Å²) in [6.07, 6.45) is 15.3. The molecule has 1 N–H and O–H groups in total. The summed E-state index contributed by atoms with van der Waals surface area (Å²) >= 11 is 0. The standard InChI is InChI=1S/2C27H25FN4O.C27H23FN4O.2CH4.25H2/c1-15-12-18(10-11-29-15)26-31-23(17-4-6-20(28)7-5-17)21-8-9-22-16(2)24-19(14-30-33-24)13-27(22,3)25(21)32-26;2*1-15-13-18(11-12-30-15)26-31-23(17-5-7-19(28)8-6-17)20-9-10-21-16(2)24(33)22(29-4)14-27(21,3)25(20)32-26;;;;;;;;;;;;;;;;;;;;;;;;;;;/h4-7,10-12,14,16,22H,8-9,13H2,1-3H3;5-8,11-13,16,21,33H,9-10,14H2,1-3H3;5-8,11-14,16,21H,9-10H2,1-3H3;2*1H4;25*1H/t16-,22-,27-;2*16-,21-,27-;;;;;;;;;;;;;;;;;;;;;;;;;;;/m111.........................../s1/i;;;;;25*1+2T. The molecular weight excluding hydrogens is 1270 g/mol. The number of benzene rings is 3. The molecule has 0 amide bonds. The van der Waals surface area contributed by atoms with E-state index in [4.69, 9.17) is 122 Å². The quantitative estimate of drug-likeness (QED) is 0.155. The number of aliphatic hydroxyl groups is 1. The van der Waals surface area contributed by atoms with Crippen LogP contribution < -0.4 is 0 Å². The Hall–Kier alpha value is -10.7. The molecule has 16 rings (SSSR count). The molecular formula is C83H131F3N12O3. The second kappa shape index (κ2) is 27.4. The molecule has 0 bridgehead atoms. The maximum Gasteiger partial charge on any atom is 0.226 e. The molecule has 18 heteroatoms. The van der Waals surface area contributed by atoms with Gasteiger partial charge in [0, 0.05) is 200 Å². The van der Waals surface area contributed by atoms with Crippen LogP contribution in [0.4, 0.5) is 13.2 Å². The van der Waals surface area contributed by atoms with E-state index in [0.717, 1.165) is 152 Å². The van der Waals surface area contributed by atoms with Gasteiger partial charge >= 0.3 is 0 Å². The molecule has 7 aromatic heterocycles. The zero-order valence-electron chi connectivity index (χ0n) is 107. The van der Waals surface area contributed by atoms with Crippen LogP contribution in [0.1, 0.15) is 224 Å². The summed E-state index contributed by atoms with van der Waals surface area (Å²) in [5.41, 5.74) is 17.0. The molecule has 101 heavy (non-hydrogen) atoms. The molecule has 6 aliphatic rings. The average Bonchev–Trinajstić information content (AvgIpc) is 1.48. The fourth-order valence-corrected chi connectivity index (χ4v) is 17.1. The fourth-order valence-electron chi connectivity index (χ4n) is 17.1. The Kier molecular flexibility index (Phi) is 12.3. The molecule has 3 aromatic carbocycles. The van der Waals surface area contributed by atoms with Crippen LogP contribution in [-0.2, 0) is 46.7 Å². The van der Waals surface area contributed by atoms with Gasteiger partial charge < -0.3 is 14.4 Å². The average molecular weight is 1500 g/mol. The number of aryl methyl sites for hydroxylation is 3. The lowest BCUT2D eigenvalue weighted by Gasteiger charge is -2.48. The van der Waals surface area contributed by atoms with Gasteiger partial charge in [-0.05, 0) is 199 Å². The second-order valence-electron chi connectivity index (χ2n) is 28.2. The van der Waals surface area contributed by atoms with Gasteiger partial charge in [0.1, 0.15) is 23.2 Å². The highest BCUT2D eigenvalue weighted by Crippen LogP contribution is 2.57. The summed E-state index contributed by atoms with van der Waals surface area (Å²) in [5, 5.41) is 14.7. The third-order valence-electron chi connectivity index (χ3n) is 22.0. The maximum atomic E-state index is 13.7. The first kappa shape index (κ1) is 45.1. The van der Waals surface area contributed by atoms with Crippen molar-refractivity contribution in [2.24, 2.45) is 29.6 Å². The van der Waals surface area contributed by atoms with Gasteiger partial charge in [-0.15, -0.1) is 0 Å². The van der Waals surface area contributed by atoms with Crippen LogP contribution in [-0.4, -0.2) is 60.9 Å². The molecule has 0 spiro atoms. The zero-order valence-corrected chi connectivity index (χ0v) is 56.7. The van der Waals surface area contributed by atoms with E-state index < -0.39 is 10.8 Å². The third-order valence-corrected chi connectivity index (χ3v) is 22.0. The molecule has 6 aliphatic carbocycles. The van der Waals surface area contributed by atoms with E-state index in [1.54, 1.807) is 42.9 Å². The highest BCUT2D eigenvalue weighted by atomic mass is 19.1. The molecule has 0 aliphatic heterocycles. The lowest BCUT2D eigenvalue weighted by atomic mass is 9.56. The van der Waals surface area contributed by atoms with E-state index >= 15 is 0 Å². The number of hydrogen-bond acceptors (Lipinski definition) is 13. The van der Waals surface area contributed by atoms with Crippen LogP contribution >= 0.6 is 0 Å². The predicted octanol–water partition coefficient (Wildman–Crippen LogP) is 24.9. The smallest absolute Gasteiger partial charge is 0.226 e. The first-order chi connectivity index (χ1) is 72.6. The van der Waals surface area contributed by atoms with Crippen molar-refractivity contribution < 1.29 is 102 Å². The van der Waals surface area contributed by atoms with Crippen molar-refractivity contribution in [2.75, 3.05) is 0 Å². The normalized spacial score (nSPS) is 25.3. The minimum atomic E-state index is -0.574. The number of rotatable bonds is 6. The number of aliphatic hydroxyl groups excluding tert-OH is 1. The topological polar surface area (TPSA) is 188 Å². The lowest BCUT2D eigenvalue weighted by Crippen LogP contribution is -2.46. The van der Waals surface area contributed by atoms with Crippen molar-refractivity contribution >= 4 is 5.78 Å².